The van der Waals surface area contributed by atoms with Crippen molar-refractivity contribution in [1.82, 2.24) is 3.71 Å². The van der Waals surface area contributed by atoms with Crippen LogP contribution in [0.2, 0.25) is 0 Å². The second-order valence-corrected chi connectivity index (χ2v) is 4.04. The zero-order chi connectivity index (χ0) is 10.6. The van der Waals surface area contributed by atoms with E-state index >= 15 is 0 Å². The van der Waals surface area contributed by atoms with Crippen LogP contribution in [0.4, 0.5) is 0 Å². The molecule has 0 saturated carbocycles. The first-order chi connectivity index (χ1) is 6.61. The van der Waals surface area contributed by atoms with E-state index in [4.69, 9.17) is 5.11 Å². The molecule has 0 amide bonds. The highest BCUT2D eigenvalue weighted by atomic mass is 32.2. The predicted molar refractivity (Wildman–Crippen MR) is 61.4 cm³/mol. The Labute approximate surface area is 93.8 Å². The van der Waals surface area contributed by atoms with Crippen molar-refractivity contribution in [1.29, 1.82) is 0 Å². The fourth-order valence-corrected chi connectivity index (χ4v) is 1.47. The smallest absolute Gasteiger partial charge is 0.323 e. The molecule has 0 aromatic heterocycles. The highest BCUT2D eigenvalue weighted by Gasteiger charge is 2.21. The van der Waals surface area contributed by atoms with Crippen LogP contribution in [-0.2, 0) is 11.2 Å². The molecule has 76 valence electrons. The Morgan fingerprint density at radius 2 is 1.93 bits per heavy atom. The van der Waals surface area contributed by atoms with Crippen LogP contribution in [0.15, 0.2) is 30.3 Å². The van der Waals surface area contributed by atoms with Crippen molar-refractivity contribution in [2.75, 3.05) is 0 Å². The quantitative estimate of drug-likeness (QED) is 0.688. The molecule has 1 aromatic rings. The number of carbonyl (C=O) groups is 1. The van der Waals surface area contributed by atoms with E-state index in [0.29, 0.717) is 6.42 Å². The number of aliphatic carboxylic acids is 1. The van der Waals surface area contributed by atoms with Gasteiger partial charge in [0.2, 0.25) is 0 Å². The lowest BCUT2D eigenvalue weighted by Crippen LogP contribution is -2.31. The fraction of sp³-hybridized carbons (Fsp3) is 0.222. The minimum Gasteiger partial charge on any atom is -0.480 e. The summed E-state index contributed by atoms with van der Waals surface area (Å²) in [6.07, 6.45) is 0.392. The van der Waals surface area contributed by atoms with Gasteiger partial charge in [-0.1, -0.05) is 56.0 Å². The van der Waals surface area contributed by atoms with Crippen LogP contribution in [0.3, 0.4) is 0 Å². The summed E-state index contributed by atoms with van der Waals surface area (Å²) in [5, 5.41) is 8.87. The summed E-state index contributed by atoms with van der Waals surface area (Å²) >= 11 is 7.76. The average Bonchev–Trinajstić information content (AvgIpc) is 2.15. The molecule has 0 aliphatic rings. The van der Waals surface area contributed by atoms with Crippen LogP contribution in [0.1, 0.15) is 5.56 Å². The average molecular weight is 229 g/mol. The molecule has 1 atom stereocenters. The van der Waals surface area contributed by atoms with Gasteiger partial charge in [0.25, 0.3) is 0 Å². The van der Waals surface area contributed by atoms with E-state index in [0.717, 1.165) is 9.27 Å². The lowest BCUT2D eigenvalue weighted by atomic mass is 10.1. The minimum atomic E-state index is -0.932. The number of thiol groups is 2. The SMILES string of the molecule is O=C(O)[C@H](Cc1ccccc1)N(S)S. The molecule has 5 heteroatoms. The van der Waals surface area contributed by atoms with Crippen LogP contribution in [0.25, 0.3) is 0 Å². The number of hydrogen-bond donors (Lipinski definition) is 3. The van der Waals surface area contributed by atoms with Gasteiger partial charge in [-0.25, -0.2) is 0 Å². The topological polar surface area (TPSA) is 40.5 Å². The van der Waals surface area contributed by atoms with Gasteiger partial charge >= 0.3 is 5.97 Å². The van der Waals surface area contributed by atoms with Gasteiger partial charge in [-0.3, -0.25) is 4.79 Å². The second-order valence-electron chi connectivity index (χ2n) is 2.86. The maximum absolute atomic E-state index is 10.8. The van der Waals surface area contributed by atoms with Gasteiger partial charge in [0.15, 0.2) is 0 Å². The van der Waals surface area contributed by atoms with Crippen LogP contribution in [0.5, 0.6) is 0 Å². The maximum atomic E-state index is 10.8. The zero-order valence-electron chi connectivity index (χ0n) is 7.37. The van der Waals surface area contributed by atoms with E-state index in [1.54, 1.807) is 0 Å². The molecule has 0 spiro atoms. The molecular formula is C9H11NO2S2. The summed E-state index contributed by atoms with van der Waals surface area (Å²) < 4.78 is 1.11. The Kier molecular flexibility index (Phi) is 4.31. The number of hydrogen-bond acceptors (Lipinski definition) is 4. The molecule has 0 aliphatic heterocycles. The van der Waals surface area contributed by atoms with Gasteiger partial charge in [0.05, 0.1) is 0 Å². The van der Waals surface area contributed by atoms with E-state index in [-0.39, 0.29) is 0 Å². The third kappa shape index (κ3) is 3.25. The molecule has 0 fully saturated rings. The first-order valence-electron chi connectivity index (χ1n) is 4.05. The molecule has 1 rings (SSSR count). The van der Waals surface area contributed by atoms with Crippen molar-refractivity contribution >= 4 is 31.6 Å². The molecular weight excluding hydrogens is 218 g/mol. The second kappa shape index (κ2) is 5.29. The highest BCUT2D eigenvalue weighted by Crippen LogP contribution is 2.12. The van der Waals surface area contributed by atoms with Crippen LogP contribution >= 0.6 is 25.6 Å². The van der Waals surface area contributed by atoms with Gasteiger partial charge in [-0.15, -0.1) is 0 Å². The van der Waals surface area contributed by atoms with Crippen LogP contribution in [0, 0.1) is 0 Å². The van der Waals surface area contributed by atoms with Gasteiger partial charge < -0.3 is 5.11 Å². The van der Waals surface area contributed by atoms with E-state index < -0.39 is 12.0 Å². The van der Waals surface area contributed by atoms with Crippen LogP contribution in [-0.4, -0.2) is 20.8 Å². The van der Waals surface area contributed by atoms with Crippen molar-refractivity contribution in [3.63, 3.8) is 0 Å². The zero-order valence-corrected chi connectivity index (χ0v) is 9.16. The summed E-state index contributed by atoms with van der Waals surface area (Å²) in [4.78, 5) is 10.8. The molecule has 0 radical (unpaired) electrons. The standard InChI is InChI=1S/C9H11NO2S2/c11-9(12)8(10(13)14)6-7-4-2-1-3-5-7/h1-5,8,13-14H,6H2,(H,11,12)/t8-/m0/s1. The van der Waals surface area contributed by atoms with Crippen molar-refractivity contribution in [3.05, 3.63) is 35.9 Å². The van der Waals surface area contributed by atoms with Gasteiger partial charge in [0.1, 0.15) is 6.04 Å². The largest absolute Gasteiger partial charge is 0.480 e. The minimum absolute atomic E-state index is 0.392. The third-order valence-electron chi connectivity index (χ3n) is 1.84. The molecule has 3 nitrogen and oxygen atoms in total. The van der Waals surface area contributed by atoms with Crippen molar-refractivity contribution in [3.8, 4) is 0 Å². The highest BCUT2D eigenvalue weighted by molar-refractivity contribution is 7.93. The molecule has 0 heterocycles. The van der Waals surface area contributed by atoms with E-state index in [1.165, 1.54) is 0 Å². The van der Waals surface area contributed by atoms with E-state index in [2.05, 4.69) is 25.6 Å². The van der Waals surface area contributed by atoms with Gasteiger partial charge in [-0.2, -0.15) is 3.71 Å². The van der Waals surface area contributed by atoms with Gasteiger partial charge in [0, 0.05) is 6.42 Å². The third-order valence-corrected chi connectivity index (χ3v) is 2.39. The first kappa shape index (κ1) is 11.4. The Balaban J connectivity index is 2.70. The number of carboxylic acids is 1. The Morgan fingerprint density at radius 3 is 2.36 bits per heavy atom. The summed E-state index contributed by atoms with van der Waals surface area (Å²) in [6.45, 7) is 0. The summed E-state index contributed by atoms with van der Waals surface area (Å²) in [7, 11) is 0. The first-order valence-corrected chi connectivity index (χ1v) is 4.85. The van der Waals surface area contributed by atoms with E-state index in [1.807, 2.05) is 30.3 Å². The lowest BCUT2D eigenvalue weighted by molar-refractivity contribution is -0.140. The predicted octanol–water partition coefficient (Wildman–Crippen LogP) is 1.67. The Bertz CT molecular complexity index is 303. The molecule has 0 bridgehead atoms. The normalized spacial score (nSPS) is 12.8. The Morgan fingerprint density at radius 1 is 1.36 bits per heavy atom. The van der Waals surface area contributed by atoms with Crippen molar-refractivity contribution in [2.24, 2.45) is 0 Å². The summed E-state index contributed by atoms with van der Waals surface area (Å²) in [5.41, 5.74) is 0.952. The fourth-order valence-electron chi connectivity index (χ4n) is 1.11. The molecule has 1 N–H and O–H groups in total. The number of rotatable bonds is 4. The number of carboxylic acid groups (broad SMARTS) is 1. The van der Waals surface area contributed by atoms with Crippen LogP contribution < -0.4 is 0 Å². The number of benzene rings is 1. The molecule has 14 heavy (non-hydrogen) atoms. The maximum Gasteiger partial charge on any atom is 0.323 e. The lowest BCUT2D eigenvalue weighted by Gasteiger charge is -2.17. The molecule has 1 aromatic carbocycles. The monoisotopic (exact) mass is 229 g/mol. The van der Waals surface area contributed by atoms with E-state index in [9.17, 15) is 4.79 Å². The van der Waals surface area contributed by atoms with Crippen molar-refractivity contribution < 1.29 is 9.90 Å². The van der Waals surface area contributed by atoms with Crippen molar-refractivity contribution in [2.45, 2.75) is 12.5 Å². The molecule has 0 unspecified atom stereocenters. The summed E-state index contributed by atoms with van der Waals surface area (Å²) in [6, 6.07) is 8.66. The molecule has 0 saturated heterocycles. The molecule has 0 aliphatic carbocycles. The number of nitrogens with zero attached hydrogens (tertiary/aromatic N) is 1. The Hall–Kier alpha value is -0.650. The van der Waals surface area contributed by atoms with Gasteiger partial charge in [-0.05, 0) is 5.56 Å². The summed E-state index contributed by atoms with van der Waals surface area (Å²) in [5.74, 6) is -0.932.